The first kappa shape index (κ1) is 16.2. The molecule has 0 amide bonds. The minimum absolute atomic E-state index is 0.393. The highest BCUT2D eigenvalue weighted by molar-refractivity contribution is 6.13. The molecule has 2 aromatic rings. The fourth-order valence-corrected chi connectivity index (χ4v) is 2.47. The maximum Gasteiger partial charge on any atom is 0.135 e. The lowest BCUT2D eigenvalue weighted by atomic mass is 10.0. The average Bonchev–Trinajstić information content (AvgIpc) is 2.59. The molecule has 0 aliphatic heterocycles. The molecule has 0 radical (unpaired) electrons. The van der Waals surface area contributed by atoms with Crippen molar-refractivity contribution >= 4 is 11.5 Å². The Morgan fingerprint density at radius 3 is 2.36 bits per heavy atom. The third-order valence-corrected chi connectivity index (χ3v) is 4.05. The monoisotopic (exact) mass is 295 g/mol. The van der Waals surface area contributed by atoms with E-state index in [9.17, 15) is 0 Å². The SMILES string of the molecule is CCc1ccc(C(=N)c2cccnc2NC(CC)CC)cc1. The molecule has 0 atom stereocenters. The number of nitrogens with zero attached hydrogens (tertiary/aromatic N) is 1. The Morgan fingerprint density at radius 2 is 1.77 bits per heavy atom. The van der Waals surface area contributed by atoms with Gasteiger partial charge in [-0.25, -0.2) is 4.98 Å². The van der Waals surface area contributed by atoms with Gasteiger partial charge in [-0.1, -0.05) is 45.0 Å². The van der Waals surface area contributed by atoms with Crippen LogP contribution < -0.4 is 5.32 Å². The summed E-state index contributed by atoms with van der Waals surface area (Å²) in [7, 11) is 0. The second-order valence-corrected chi connectivity index (χ2v) is 5.48. The molecule has 0 aliphatic carbocycles. The number of aromatic nitrogens is 1. The van der Waals surface area contributed by atoms with E-state index < -0.39 is 0 Å². The number of pyridine rings is 1. The number of hydrogen-bond donors (Lipinski definition) is 2. The number of nitrogens with one attached hydrogen (secondary N) is 2. The second-order valence-electron chi connectivity index (χ2n) is 5.48. The van der Waals surface area contributed by atoms with Gasteiger partial charge in [0.2, 0.25) is 0 Å². The van der Waals surface area contributed by atoms with E-state index in [4.69, 9.17) is 5.41 Å². The Morgan fingerprint density at radius 1 is 1.09 bits per heavy atom. The van der Waals surface area contributed by atoms with Crippen LogP contribution >= 0.6 is 0 Å². The third kappa shape index (κ3) is 3.73. The van der Waals surface area contributed by atoms with Crippen LogP contribution in [0.5, 0.6) is 0 Å². The quantitative estimate of drug-likeness (QED) is 0.730. The van der Waals surface area contributed by atoms with E-state index in [1.54, 1.807) is 6.20 Å². The molecule has 0 saturated heterocycles. The van der Waals surface area contributed by atoms with E-state index in [-0.39, 0.29) is 0 Å². The van der Waals surface area contributed by atoms with Crippen LogP contribution in [0, 0.1) is 5.41 Å². The lowest BCUT2D eigenvalue weighted by molar-refractivity contribution is 0.668. The number of rotatable bonds is 7. The Hall–Kier alpha value is -2.16. The maximum absolute atomic E-state index is 8.52. The van der Waals surface area contributed by atoms with E-state index in [0.717, 1.165) is 36.2 Å². The van der Waals surface area contributed by atoms with Gasteiger partial charge in [-0.05, 0) is 37.0 Å². The summed E-state index contributed by atoms with van der Waals surface area (Å²) in [6, 6.07) is 12.5. The fraction of sp³-hybridized carbons (Fsp3) is 0.368. The minimum atomic E-state index is 0.393. The Kier molecular flexibility index (Phi) is 5.70. The van der Waals surface area contributed by atoms with Crippen molar-refractivity contribution in [2.24, 2.45) is 0 Å². The van der Waals surface area contributed by atoms with Gasteiger partial charge in [0.15, 0.2) is 0 Å². The smallest absolute Gasteiger partial charge is 0.135 e. The van der Waals surface area contributed by atoms with E-state index in [0.29, 0.717) is 11.8 Å². The lowest BCUT2D eigenvalue weighted by Gasteiger charge is -2.18. The van der Waals surface area contributed by atoms with Crippen LogP contribution in [0.15, 0.2) is 42.6 Å². The lowest BCUT2D eigenvalue weighted by Crippen LogP contribution is -2.20. The maximum atomic E-state index is 8.52. The zero-order valence-corrected chi connectivity index (χ0v) is 13.7. The summed E-state index contributed by atoms with van der Waals surface area (Å²) in [5.41, 5.74) is 3.60. The zero-order valence-electron chi connectivity index (χ0n) is 13.7. The van der Waals surface area contributed by atoms with Crippen LogP contribution in [0.1, 0.15) is 50.3 Å². The predicted octanol–water partition coefficient (Wildman–Crippen LogP) is 4.66. The van der Waals surface area contributed by atoms with Crippen molar-refractivity contribution in [3.63, 3.8) is 0 Å². The zero-order chi connectivity index (χ0) is 15.9. The van der Waals surface area contributed by atoms with Crippen molar-refractivity contribution < 1.29 is 0 Å². The van der Waals surface area contributed by atoms with Crippen molar-refractivity contribution in [3.8, 4) is 0 Å². The Bertz CT molecular complexity index is 613. The largest absolute Gasteiger partial charge is 0.367 e. The van der Waals surface area contributed by atoms with Gasteiger partial charge >= 0.3 is 0 Å². The minimum Gasteiger partial charge on any atom is -0.367 e. The van der Waals surface area contributed by atoms with Crippen LogP contribution in [0.25, 0.3) is 0 Å². The van der Waals surface area contributed by atoms with Gasteiger partial charge in [0.25, 0.3) is 0 Å². The summed E-state index contributed by atoms with van der Waals surface area (Å²) in [6.45, 7) is 6.47. The molecule has 0 fully saturated rings. The van der Waals surface area contributed by atoms with Crippen molar-refractivity contribution in [1.82, 2.24) is 4.98 Å². The van der Waals surface area contributed by atoms with Gasteiger partial charge in [0.1, 0.15) is 5.82 Å². The molecule has 1 aromatic heterocycles. The van der Waals surface area contributed by atoms with Crippen LogP contribution in [0.3, 0.4) is 0 Å². The van der Waals surface area contributed by atoms with Crippen LogP contribution in [0.2, 0.25) is 0 Å². The van der Waals surface area contributed by atoms with Crippen molar-refractivity contribution in [1.29, 1.82) is 5.41 Å². The molecule has 3 heteroatoms. The number of aryl methyl sites for hydroxylation is 1. The third-order valence-electron chi connectivity index (χ3n) is 4.05. The highest BCUT2D eigenvalue weighted by Gasteiger charge is 2.13. The summed E-state index contributed by atoms with van der Waals surface area (Å²) < 4.78 is 0. The second kappa shape index (κ2) is 7.74. The van der Waals surface area contributed by atoms with E-state index in [1.165, 1.54) is 5.56 Å². The van der Waals surface area contributed by atoms with Gasteiger partial charge in [0.05, 0.1) is 5.71 Å². The number of benzene rings is 1. The molecule has 1 heterocycles. The predicted molar refractivity (Wildman–Crippen MR) is 94.0 cm³/mol. The highest BCUT2D eigenvalue weighted by Crippen LogP contribution is 2.19. The molecule has 0 saturated carbocycles. The summed E-state index contributed by atoms with van der Waals surface area (Å²) in [4.78, 5) is 4.44. The fourth-order valence-electron chi connectivity index (χ4n) is 2.47. The van der Waals surface area contributed by atoms with Crippen LogP contribution in [-0.4, -0.2) is 16.7 Å². The molecule has 0 aliphatic rings. The van der Waals surface area contributed by atoms with Crippen molar-refractivity contribution in [3.05, 3.63) is 59.3 Å². The Balaban J connectivity index is 2.28. The van der Waals surface area contributed by atoms with Gasteiger partial charge in [-0.2, -0.15) is 0 Å². The number of anilines is 1. The molecule has 0 bridgehead atoms. The molecule has 2 N–H and O–H groups in total. The first-order chi connectivity index (χ1) is 10.7. The van der Waals surface area contributed by atoms with Crippen LogP contribution in [0.4, 0.5) is 5.82 Å². The van der Waals surface area contributed by atoms with E-state index in [2.05, 4.69) is 43.2 Å². The average molecular weight is 295 g/mol. The molecular formula is C19H25N3. The van der Waals surface area contributed by atoms with Gasteiger partial charge in [-0.3, -0.25) is 5.41 Å². The molecule has 1 aromatic carbocycles. The van der Waals surface area contributed by atoms with Crippen molar-refractivity contribution in [2.75, 3.05) is 5.32 Å². The topological polar surface area (TPSA) is 48.8 Å². The molecule has 3 nitrogen and oxygen atoms in total. The summed E-state index contributed by atoms with van der Waals surface area (Å²) >= 11 is 0. The molecular weight excluding hydrogens is 270 g/mol. The summed E-state index contributed by atoms with van der Waals surface area (Å²) in [5, 5.41) is 12.0. The standard InChI is InChI=1S/C19H25N3/c1-4-14-9-11-15(12-10-14)18(20)17-8-7-13-21-19(17)22-16(5-2)6-3/h7-13,16,20H,4-6H2,1-3H3,(H,21,22). The van der Waals surface area contributed by atoms with E-state index in [1.807, 2.05) is 24.3 Å². The molecule has 116 valence electrons. The normalized spacial score (nSPS) is 10.7. The number of hydrogen-bond acceptors (Lipinski definition) is 3. The van der Waals surface area contributed by atoms with Crippen molar-refractivity contribution in [2.45, 2.75) is 46.1 Å². The molecule has 0 unspecified atom stereocenters. The first-order valence-electron chi connectivity index (χ1n) is 8.09. The van der Waals surface area contributed by atoms with Crippen LogP contribution in [-0.2, 0) is 6.42 Å². The van der Waals surface area contributed by atoms with Gasteiger partial charge in [-0.15, -0.1) is 0 Å². The molecule has 22 heavy (non-hydrogen) atoms. The molecule has 0 spiro atoms. The van der Waals surface area contributed by atoms with Gasteiger partial charge < -0.3 is 5.32 Å². The molecule has 2 rings (SSSR count). The first-order valence-corrected chi connectivity index (χ1v) is 8.09. The van der Waals surface area contributed by atoms with E-state index >= 15 is 0 Å². The Labute approximate surface area is 133 Å². The summed E-state index contributed by atoms with van der Waals surface area (Å²) in [5.74, 6) is 0.806. The highest BCUT2D eigenvalue weighted by atomic mass is 15.0. The van der Waals surface area contributed by atoms with Gasteiger partial charge in [0, 0.05) is 23.4 Å². The summed E-state index contributed by atoms with van der Waals surface area (Å²) in [6.07, 6.45) is 4.89.